The van der Waals surface area contributed by atoms with E-state index >= 15 is 0 Å². The fourth-order valence-electron chi connectivity index (χ4n) is 1.29. The maximum atomic E-state index is 11.3. The van der Waals surface area contributed by atoms with Crippen LogP contribution < -0.4 is 16.0 Å². The first-order chi connectivity index (χ1) is 7.58. The van der Waals surface area contributed by atoms with E-state index in [1.165, 1.54) is 0 Å². The Morgan fingerprint density at radius 1 is 1.44 bits per heavy atom. The van der Waals surface area contributed by atoms with E-state index in [0.29, 0.717) is 23.6 Å². The summed E-state index contributed by atoms with van der Waals surface area (Å²) in [6.45, 7) is 4.82. The van der Waals surface area contributed by atoms with Crippen LogP contribution >= 0.6 is 12.2 Å². The van der Waals surface area contributed by atoms with Gasteiger partial charge in [-0.1, -0.05) is 0 Å². The second kappa shape index (κ2) is 6.68. The van der Waals surface area contributed by atoms with Crippen LogP contribution in [0.25, 0.3) is 0 Å². The Balaban J connectivity index is 1.93. The van der Waals surface area contributed by atoms with Gasteiger partial charge in [-0.05, 0) is 45.3 Å². The summed E-state index contributed by atoms with van der Waals surface area (Å²) >= 11 is 5.07. The molecule has 0 radical (unpaired) electrons. The van der Waals surface area contributed by atoms with Crippen molar-refractivity contribution >= 4 is 23.2 Å². The van der Waals surface area contributed by atoms with E-state index in [9.17, 15) is 4.79 Å². The van der Waals surface area contributed by atoms with Gasteiger partial charge in [0.25, 0.3) is 0 Å². The molecule has 1 fully saturated rings. The van der Waals surface area contributed by atoms with Crippen molar-refractivity contribution in [1.29, 1.82) is 0 Å². The molecule has 4 nitrogen and oxygen atoms in total. The summed E-state index contributed by atoms with van der Waals surface area (Å²) in [4.78, 5) is 11.3. The predicted octanol–water partition coefficient (Wildman–Crippen LogP) is 0.918. The van der Waals surface area contributed by atoms with E-state index in [1.807, 2.05) is 13.8 Å². The van der Waals surface area contributed by atoms with Gasteiger partial charge in [0.2, 0.25) is 5.91 Å². The Kier molecular flexibility index (Phi) is 5.52. The molecule has 1 aliphatic rings. The maximum Gasteiger partial charge on any atom is 0.220 e. The Morgan fingerprint density at radius 2 is 2.12 bits per heavy atom. The van der Waals surface area contributed by atoms with Gasteiger partial charge >= 0.3 is 0 Å². The van der Waals surface area contributed by atoms with Crippen molar-refractivity contribution in [1.82, 2.24) is 16.0 Å². The predicted molar refractivity (Wildman–Crippen MR) is 69.3 cm³/mol. The molecule has 1 aliphatic carbocycles. The average molecular weight is 243 g/mol. The zero-order valence-corrected chi connectivity index (χ0v) is 10.8. The van der Waals surface area contributed by atoms with Crippen LogP contribution in [0.3, 0.4) is 0 Å². The standard InChI is InChI=1S/C11H21N3OS/c1-8(2)13-11(16)12-7-3-4-10(15)14-9-5-6-9/h8-9H,3-7H2,1-2H3,(H,14,15)(H2,12,13,16). The van der Waals surface area contributed by atoms with Crippen LogP contribution in [0.5, 0.6) is 0 Å². The highest BCUT2D eigenvalue weighted by Crippen LogP contribution is 2.18. The molecule has 0 spiro atoms. The molecule has 0 aromatic heterocycles. The second-order valence-electron chi connectivity index (χ2n) is 4.50. The maximum absolute atomic E-state index is 11.3. The molecule has 0 heterocycles. The van der Waals surface area contributed by atoms with Crippen molar-refractivity contribution in [2.45, 2.75) is 51.6 Å². The quantitative estimate of drug-likeness (QED) is 0.479. The number of hydrogen-bond donors (Lipinski definition) is 3. The van der Waals surface area contributed by atoms with E-state index < -0.39 is 0 Å². The molecule has 1 amide bonds. The molecule has 16 heavy (non-hydrogen) atoms. The van der Waals surface area contributed by atoms with Gasteiger partial charge in [0.05, 0.1) is 0 Å². The van der Waals surface area contributed by atoms with Crippen molar-refractivity contribution in [3.63, 3.8) is 0 Å². The molecule has 5 heteroatoms. The molecule has 0 bridgehead atoms. The highest BCUT2D eigenvalue weighted by atomic mass is 32.1. The zero-order chi connectivity index (χ0) is 12.0. The minimum Gasteiger partial charge on any atom is -0.363 e. The van der Waals surface area contributed by atoms with Crippen molar-refractivity contribution < 1.29 is 4.79 Å². The first-order valence-electron chi connectivity index (χ1n) is 5.91. The van der Waals surface area contributed by atoms with Crippen molar-refractivity contribution in [3.05, 3.63) is 0 Å². The van der Waals surface area contributed by atoms with Gasteiger partial charge in [-0.25, -0.2) is 0 Å². The molecule has 0 aromatic rings. The van der Waals surface area contributed by atoms with Gasteiger partial charge < -0.3 is 16.0 Å². The molecular weight excluding hydrogens is 222 g/mol. The molecule has 0 atom stereocenters. The average Bonchev–Trinajstić information content (AvgIpc) is 2.95. The Morgan fingerprint density at radius 3 is 2.69 bits per heavy atom. The Hall–Kier alpha value is -0.840. The number of nitrogens with one attached hydrogen (secondary N) is 3. The molecular formula is C11H21N3OS. The van der Waals surface area contributed by atoms with Crippen LogP contribution in [0.4, 0.5) is 0 Å². The number of carbonyl (C=O) groups excluding carboxylic acids is 1. The first-order valence-corrected chi connectivity index (χ1v) is 6.32. The lowest BCUT2D eigenvalue weighted by molar-refractivity contribution is -0.121. The smallest absolute Gasteiger partial charge is 0.220 e. The third-order valence-electron chi connectivity index (χ3n) is 2.23. The first kappa shape index (κ1) is 13.2. The molecule has 1 rings (SSSR count). The summed E-state index contributed by atoms with van der Waals surface area (Å²) < 4.78 is 0. The lowest BCUT2D eigenvalue weighted by atomic mass is 10.3. The molecule has 0 unspecified atom stereocenters. The van der Waals surface area contributed by atoms with Crippen molar-refractivity contribution in [3.8, 4) is 0 Å². The van der Waals surface area contributed by atoms with E-state index in [1.54, 1.807) is 0 Å². The fourth-order valence-corrected chi connectivity index (χ4v) is 1.63. The van der Waals surface area contributed by atoms with Gasteiger partial charge in [0, 0.05) is 25.0 Å². The Labute approximate surface area is 103 Å². The van der Waals surface area contributed by atoms with Crippen LogP contribution in [0.1, 0.15) is 39.5 Å². The largest absolute Gasteiger partial charge is 0.363 e. The summed E-state index contributed by atoms with van der Waals surface area (Å²) in [7, 11) is 0. The fraction of sp³-hybridized carbons (Fsp3) is 0.818. The number of rotatable bonds is 6. The zero-order valence-electron chi connectivity index (χ0n) is 10.0. The van der Waals surface area contributed by atoms with Crippen LogP contribution in [0.2, 0.25) is 0 Å². The van der Waals surface area contributed by atoms with Gasteiger partial charge in [-0.15, -0.1) is 0 Å². The highest BCUT2D eigenvalue weighted by Gasteiger charge is 2.22. The van der Waals surface area contributed by atoms with E-state index in [-0.39, 0.29) is 5.91 Å². The van der Waals surface area contributed by atoms with Crippen LogP contribution in [-0.4, -0.2) is 29.6 Å². The molecule has 92 valence electrons. The van der Waals surface area contributed by atoms with Gasteiger partial charge in [-0.2, -0.15) is 0 Å². The molecule has 1 saturated carbocycles. The monoisotopic (exact) mass is 243 g/mol. The molecule has 3 N–H and O–H groups in total. The summed E-state index contributed by atoms with van der Waals surface area (Å²) in [5.41, 5.74) is 0. The summed E-state index contributed by atoms with van der Waals surface area (Å²) in [6, 6.07) is 0.808. The lowest BCUT2D eigenvalue weighted by Gasteiger charge is -2.12. The summed E-state index contributed by atoms with van der Waals surface area (Å²) in [5, 5.41) is 9.79. The molecule has 0 aromatic carbocycles. The van der Waals surface area contributed by atoms with Gasteiger partial charge in [0.1, 0.15) is 0 Å². The Bertz CT molecular complexity index is 234. The van der Waals surface area contributed by atoms with Gasteiger partial charge in [0.15, 0.2) is 5.11 Å². The number of thiocarbonyl (C=S) groups is 1. The van der Waals surface area contributed by atoms with Crippen molar-refractivity contribution in [2.24, 2.45) is 0 Å². The summed E-state index contributed by atoms with van der Waals surface area (Å²) in [6.07, 6.45) is 3.69. The van der Waals surface area contributed by atoms with Crippen LogP contribution in [0, 0.1) is 0 Å². The number of hydrogen-bond acceptors (Lipinski definition) is 2. The minimum atomic E-state index is 0.159. The van der Waals surface area contributed by atoms with Crippen LogP contribution in [-0.2, 0) is 4.79 Å². The summed E-state index contributed by atoms with van der Waals surface area (Å²) in [5.74, 6) is 0.159. The van der Waals surface area contributed by atoms with Gasteiger partial charge in [-0.3, -0.25) is 4.79 Å². The SMILES string of the molecule is CC(C)NC(=S)NCCCC(=O)NC1CC1. The lowest BCUT2D eigenvalue weighted by Crippen LogP contribution is -2.39. The second-order valence-corrected chi connectivity index (χ2v) is 4.91. The van der Waals surface area contributed by atoms with Crippen LogP contribution in [0.15, 0.2) is 0 Å². The number of amides is 1. The number of carbonyl (C=O) groups is 1. The van der Waals surface area contributed by atoms with Crippen molar-refractivity contribution in [2.75, 3.05) is 6.54 Å². The third kappa shape index (κ3) is 6.61. The minimum absolute atomic E-state index is 0.159. The normalized spacial score (nSPS) is 14.7. The topological polar surface area (TPSA) is 53.2 Å². The van der Waals surface area contributed by atoms with E-state index in [0.717, 1.165) is 25.8 Å². The molecule has 0 aliphatic heterocycles. The van der Waals surface area contributed by atoms with E-state index in [4.69, 9.17) is 12.2 Å². The highest BCUT2D eigenvalue weighted by molar-refractivity contribution is 7.80. The molecule has 0 saturated heterocycles. The van der Waals surface area contributed by atoms with E-state index in [2.05, 4.69) is 16.0 Å². The third-order valence-corrected chi connectivity index (χ3v) is 2.49.